The van der Waals surface area contributed by atoms with Gasteiger partial charge in [0.25, 0.3) is 5.91 Å². The molecule has 1 saturated heterocycles. The Bertz CT molecular complexity index is 577. The number of rotatable bonds is 2. The molecule has 0 aromatic heterocycles. The molecule has 1 aromatic carbocycles. The lowest BCUT2D eigenvalue weighted by Gasteiger charge is -2.34. The van der Waals surface area contributed by atoms with Gasteiger partial charge in [-0.3, -0.25) is 4.79 Å². The summed E-state index contributed by atoms with van der Waals surface area (Å²) in [5, 5.41) is 9.41. The molecule has 0 bridgehead atoms. The molecule has 1 amide bonds. The van der Waals surface area contributed by atoms with Crippen molar-refractivity contribution in [3.05, 3.63) is 35.1 Å². The van der Waals surface area contributed by atoms with Crippen molar-refractivity contribution in [2.45, 2.75) is 25.3 Å². The Kier molecular flexibility index (Phi) is 5.32. The van der Waals surface area contributed by atoms with Gasteiger partial charge in [-0.25, -0.2) is 4.39 Å². The first-order valence-electron chi connectivity index (χ1n) is 7.07. The molecule has 0 aliphatic carbocycles. The quantitative estimate of drug-likeness (QED) is 0.802. The molecular formula is C16H19FN2O2. The number of carbonyl (C=O) groups is 1. The summed E-state index contributed by atoms with van der Waals surface area (Å²) in [6.45, 7) is 0.670. The third kappa shape index (κ3) is 3.60. The normalized spacial score (nSPS) is 18.0. The zero-order valence-electron chi connectivity index (χ0n) is 11.8. The zero-order valence-corrected chi connectivity index (χ0v) is 11.8. The van der Waals surface area contributed by atoms with Crippen LogP contribution in [0.5, 0.6) is 0 Å². The molecule has 1 aromatic rings. The van der Waals surface area contributed by atoms with E-state index in [0.717, 1.165) is 19.3 Å². The van der Waals surface area contributed by atoms with Crippen LogP contribution in [0.4, 0.5) is 4.39 Å². The first-order valence-corrected chi connectivity index (χ1v) is 7.07. The highest BCUT2D eigenvalue weighted by Gasteiger charge is 2.28. The van der Waals surface area contributed by atoms with E-state index in [9.17, 15) is 14.3 Å². The molecular weight excluding hydrogens is 271 g/mol. The van der Waals surface area contributed by atoms with Gasteiger partial charge in [-0.15, -0.1) is 0 Å². The smallest absolute Gasteiger partial charge is 0.255 e. The summed E-state index contributed by atoms with van der Waals surface area (Å²) in [7, 11) is 0. The SMILES string of the molecule is NCC#Cc1ccc(F)cc1C(=O)N1CCCCC1CO. The second-order valence-electron chi connectivity index (χ2n) is 5.03. The number of carbonyl (C=O) groups excluding carboxylic acids is 1. The molecule has 1 fully saturated rings. The summed E-state index contributed by atoms with van der Waals surface area (Å²) in [6, 6.07) is 3.76. The molecule has 0 spiro atoms. The summed E-state index contributed by atoms with van der Waals surface area (Å²) < 4.78 is 13.5. The van der Waals surface area contributed by atoms with Crippen LogP contribution in [0.25, 0.3) is 0 Å². The Hall–Kier alpha value is -1.90. The Morgan fingerprint density at radius 3 is 3.00 bits per heavy atom. The van der Waals surface area contributed by atoms with Gasteiger partial charge in [0, 0.05) is 12.1 Å². The van der Waals surface area contributed by atoms with Gasteiger partial charge in [0.1, 0.15) is 5.82 Å². The summed E-state index contributed by atoms with van der Waals surface area (Å²) in [5.41, 5.74) is 6.04. The second kappa shape index (κ2) is 7.21. The van der Waals surface area contributed by atoms with Crippen LogP contribution in [0.3, 0.4) is 0 Å². The molecule has 1 unspecified atom stereocenters. The molecule has 1 aliphatic rings. The van der Waals surface area contributed by atoms with Crippen molar-refractivity contribution in [3.8, 4) is 11.8 Å². The Morgan fingerprint density at radius 1 is 1.48 bits per heavy atom. The van der Waals surface area contributed by atoms with E-state index in [1.54, 1.807) is 4.90 Å². The van der Waals surface area contributed by atoms with Crippen LogP contribution in [0.2, 0.25) is 0 Å². The maximum absolute atomic E-state index is 13.5. The molecule has 3 N–H and O–H groups in total. The number of hydrogen-bond acceptors (Lipinski definition) is 3. The average molecular weight is 290 g/mol. The number of hydrogen-bond donors (Lipinski definition) is 2. The highest BCUT2D eigenvalue weighted by Crippen LogP contribution is 2.21. The van der Waals surface area contributed by atoms with Crippen LogP contribution >= 0.6 is 0 Å². The zero-order chi connectivity index (χ0) is 15.2. The van der Waals surface area contributed by atoms with E-state index in [-0.39, 0.29) is 30.7 Å². The van der Waals surface area contributed by atoms with E-state index >= 15 is 0 Å². The molecule has 5 heteroatoms. The van der Waals surface area contributed by atoms with Crippen molar-refractivity contribution in [2.24, 2.45) is 5.73 Å². The van der Waals surface area contributed by atoms with Gasteiger partial charge in [-0.1, -0.05) is 11.8 Å². The number of piperidine rings is 1. The standard InChI is InChI=1S/C16H19FN2O2/c17-13-7-6-12(4-3-8-18)15(10-13)16(21)19-9-2-1-5-14(19)11-20/h6-7,10,14,20H,1-2,5,8-9,11,18H2. The van der Waals surface area contributed by atoms with Gasteiger partial charge in [0.05, 0.1) is 24.8 Å². The fourth-order valence-corrected chi connectivity index (χ4v) is 2.56. The number of halogens is 1. The minimum Gasteiger partial charge on any atom is -0.394 e. The summed E-state index contributed by atoms with van der Waals surface area (Å²) in [4.78, 5) is 14.3. The largest absolute Gasteiger partial charge is 0.394 e. The van der Waals surface area contributed by atoms with Crippen LogP contribution in [-0.4, -0.2) is 41.7 Å². The number of aliphatic hydroxyl groups is 1. The highest BCUT2D eigenvalue weighted by molar-refractivity contribution is 5.97. The molecule has 21 heavy (non-hydrogen) atoms. The van der Waals surface area contributed by atoms with Crippen molar-refractivity contribution in [2.75, 3.05) is 19.7 Å². The van der Waals surface area contributed by atoms with Crippen LogP contribution < -0.4 is 5.73 Å². The number of likely N-dealkylation sites (tertiary alicyclic amines) is 1. The minimum absolute atomic E-state index is 0.0785. The number of nitrogens with two attached hydrogens (primary N) is 1. The van der Waals surface area contributed by atoms with Crippen LogP contribution in [0.1, 0.15) is 35.2 Å². The maximum Gasteiger partial charge on any atom is 0.255 e. The predicted octanol–water partition coefficient (Wildman–Crippen LogP) is 1.12. The van der Waals surface area contributed by atoms with Crippen LogP contribution in [-0.2, 0) is 0 Å². The van der Waals surface area contributed by atoms with Crippen molar-refractivity contribution in [3.63, 3.8) is 0 Å². The monoisotopic (exact) mass is 290 g/mol. The van der Waals surface area contributed by atoms with E-state index in [4.69, 9.17) is 5.73 Å². The van der Waals surface area contributed by atoms with Crippen LogP contribution in [0, 0.1) is 17.7 Å². The fraction of sp³-hybridized carbons (Fsp3) is 0.438. The summed E-state index contributed by atoms with van der Waals surface area (Å²) >= 11 is 0. The van der Waals surface area contributed by atoms with E-state index in [0.29, 0.717) is 12.1 Å². The van der Waals surface area contributed by atoms with Gasteiger partial charge in [0.2, 0.25) is 0 Å². The van der Waals surface area contributed by atoms with Gasteiger partial charge in [-0.05, 0) is 37.5 Å². The topological polar surface area (TPSA) is 66.6 Å². The average Bonchev–Trinajstić information content (AvgIpc) is 2.53. The third-order valence-corrected chi connectivity index (χ3v) is 3.64. The molecule has 2 rings (SSSR count). The molecule has 4 nitrogen and oxygen atoms in total. The highest BCUT2D eigenvalue weighted by atomic mass is 19.1. The second-order valence-corrected chi connectivity index (χ2v) is 5.03. The first-order chi connectivity index (χ1) is 10.2. The lowest BCUT2D eigenvalue weighted by Crippen LogP contribution is -2.45. The van der Waals surface area contributed by atoms with Gasteiger partial charge < -0.3 is 15.7 Å². The molecule has 1 atom stereocenters. The van der Waals surface area contributed by atoms with Gasteiger partial charge in [-0.2, -0.15) is 0 Å². The Morgan fingerprint density at radius 2 is 2.29 bits per heavy atom. The number of amides is 1. The Labute approximate surface area is 123 Å². The van der Waals surface area contributed by atoms with E-state index < -0.39 is 5.82 Å². The van der Waals surface area contributed by atoms with Crippen molar-refractivity contribution < 1.29 is 14.3 Å². The predicted molar refractivity (Wildman–Crippen MR) is 78.1 cm³/mol. The van der Waals surface area contributed by atoms with Gasteiger partial charge >= 0.3 is 0 Å². The first kappa shape index (κ1) is 15.5. The van der Waals surface area contributed by atoms with E-state index in [2.05, 4.69) is 11.8 Å². The maximum atomic E-state index is 13.5. The van der Waals surface area contributed by atoms with Gasteiger partial charge in [0.15, 0.2) is 0 Å². The lowest BCUT2D eigenvalue weighted by atomic mass is 9.99. The van der Waals surface area contributed by atoms with Crippen molar-refractivity contribution in [1.29, 1.82) is 0 Å². The molecule has 1 aliphatic heterocycles. The summed E-state index contributed by atoms with van der Waals surface area (Å²) in [6.07, 6.45) is 2.64. The molecule has 0 radical (unpaired) electrons. The number of benzene rings is 1. The molecule has 112 valence electrons. The van der Waals surface area contributed by atoms with E-state index in [1.165, 1.54) is 18.2 Å². The Balaban J connectivity index is 2.35. The fourth-order valence-electron chi connectivity index (χ4n) is 2.56. The third-order valence-electron chi connectivity index (χ3n) is 3.64. The van der Waals surface area contributed by atoms with E-state index in [1.807, 2.05) is 0 Å². The minimum atomic E-state index is -0.478. The van der Waals surface area contributed by atoms with Crippen molar-refractivity contribution in [1.82, 2.24) is 4.90 Å². The molecule has 1 heterocycles. The number of aliphatic hydroxyl groups excluding tert-OH is 1. The lowest BCUT2D eigenvalue weighted by molar-refractivity contribution is 0.0502. The summed E-state index contributed by atoms with van der Waals surface area (Å²) in [5.74, 6) is 4.72. The van der Waals surface area contributed by atoms with Crippen molar-refractivity contribution >= 4 is 5.91 Å². The number of nitrogens with zero attached hydrogens (tertiary/aromatic N) is 1. The van der Waals surface area contributed by atoms with Crippen LogP contribution in [0.15, 0.2) is 18.2 Å². The molecule has 0 saturated carbocycles.